The van der Waals surface area contributed by atoms with Gasteiger partial charge in [-0.25, -0.2) is 0 Å². The van der Waals surface area contributed by atoms with Crippen molar-refractivity contribution in [2.75, 3.05) is 13.2 Å². The highest BCUT2D eigenvalue weighted by Gasteiger charge is 2.46. The fourth-order valence-corrected chi connectivity index (χ4v) is 3.99. The molecule has 0 spiro atoms. The van der Waals surface area contributed by atoms with Crippen LogP contribution in [0.15, 0.2) is 78.6 Å². The van der Waals surface area contributed by atoms with E-state index in [1.807, 2.05) is 30.3 Å². The second-order valence-electron chi connectivity index (χ2n) is 7.62. The Morgan fingerprint density at radius 1 is 1.06 bits per heavy atom. The van der Waals surface area contributed by atoms with Crippen molar-refractivity contribution in [1.29, 1.82) is 0 Å². The first kappa shape index (κ1) is 22.1. The average molecular weight is 444 g/mol. The minimum Gasteiger partial charge on any atom is -0.507 e. The van der Waals surface area contributed by atoms with Gasteiger partial charge in [-0.05, 0) is 48.7 Å². The van der Waals surface area contributed by atoms with Crippen LogP contribution in [0.1, 0.15) is 29.7 Å². The summed E-state index contributed by atoms with van der Waals surface area (Å²) in [5.74, 6) is -1.51. The number of aromatic hydroxyl groups is 1. The van der Waals surface area contributed by atoms with Crippen molar-refractivity contribution in [1.82, 2.24) is 9.88 Å². The number of phenols is 1. The second-order valence-corrected chi connectivity index (χ2v) is 7.62. The zero-order chi connectivity index (χ0) is 23.4. The lowest BCUT2D eigenvalue weighted by Gasteiger charge is -2.26. The van der Waals surface area contributed by atoms with Crippen LogP contribution >= 0.6 is 0 Å². The molecule has 1 aliphatic heterocycles. The van der Waals surface area contributed by atoms with E-state index in [0.29, 0.717) is 24.2 Å². The SMILES string of the molecule is CCOc1cc(C2/C(=C(\O)c3ccncc3)C(=O)C(=O)N2CCc2ccccc2)ccc1O. The normalized spacial score (nSPS) is 17.4. The van der Waals surface area contributed by atoms with Gasteiger partial charge in [0.15, 0.2) is 11.5 Å². The molecule has 0 saturated carbocycles. The molecule has 2 aromatic carbocycles. The molecule has 0 radical (unpaired) electrons. The number of phenolic OH excluding ortho intramolecular Hbond substituents is 1. The standard InChI is InChI=1S/C26H24N2O5/c1-2-33-21-16-19(8-9-20(21)29)23-22(24(30)18-10-13-27-14-11-18)25(31)26(32)28(23)15-12-17-6-4-3-5-7-17/h3-11,13-14,16,23,29-30H,2,12,15H2,1H3/b24-22+. The number of amides is 1. The quantitative estimate of drug-likeness (QED) is 0.326. The van der Waals surface area contributed by atoms with Gasteiger partial charge in [0, 0.05) is 24.5 Å². The number of carbonyl (C=O) groups excluding carboxylic acids is 2. The minimum atomic E-state index is -0.832. The summed E-state index contributed by atoms with van der Waals surface area (Å²) in [5, 5.41) is 21.2. The van der Waals surface area contributed by atoms with Gasteiger partial charge in [-0.15, -0.1) is 0 Å². The number of ether oxygens (including phenoxy) is 1. The summed E-state index contributed by atoms with van der Waals surface area (Å²) in [6, 6.07) is 16.7. The maximum Gasteiger partial charge on any atom is 0.295 e. The molecule has 7 heteroatoms. The van der Waals surface area contributed by atoms with E-state index in [1.165, 1.54) is 23.4 Å². The van der Waals surface area contributed by atoms with Gasteiger partial charge in [-0.3, -0.25) is 14.6 Å². The first-order valence-electron chi connectivity index (χ1n) is 10.7. The molecular weight excluding hydrogens is 420 g/mol. The van der Waals surface area contributed by atoms with Gasteiger partial charge in [-0.2, -0.15) is 0 Å². The molecule has 3 aromatic rings. The number of aromatic nitrogens is 1. The molecule has 1 atom stereocenters. The third-order valence-corrected chi connectivity index (χ3v) is 5.58. The van der Waals surface area contributed by atoms with Crippen LogP contribution in [-0.2, 0) is 16.0 Å². The van der Waals surface area contributed by atoms with E-state index in [-0.39, 0.29) is 29.4 Å². The molecule has 7 nitrogen and oxygen atoms in total. The summed E-state index contributed by atoms with van der Waals surface area (Å²) in [4.78, 5) is 31.6. The molecule has 0 aliphatic carbocycles. The Hall–Kier alpha value is -4.13. The van der Waals surface area contributed by atoms with Crippen molar-refractivity contribution < 1.29 is 24.5 Å². The first-order chi connectivity index (χ1) is 16.0. The molecule has 1 aromatic heterocycles. The molecule has 2 heterocycles. The Morgan fingerprint density at radius 3 is 2.48 bits per heavy atom. The molecule has 1 aliphatic rings. The Kier molecular flexibility index (Phi) is 6.40. The summed E-state index contributed by atoms with van der Waals surface area (Å²) in [6.45, 7) is 2.40. The van der Waals surface area contributed by atoms with Crippen LogP contribution in [0.2, 0.25) is 0 Å². The largest absolute Gasteiger partial charge is 0.507 e. The van der Waals surface area contributed by atoms with Crippen LogP contribution in [0.4, 0.5) is 0 Å². The topological polar surface area (TPSA) is 100.0 Å². The molecule has 1 saturated heterocycles. The highest BCUT2D eigenvalue weighted by atomic mass is 16.5. The Balaban J connectivity index is 1.81. The predicted molar refractivity (Wildman–Crippen MR) is 123 cm³/mol. The number of pyridine rings is 1. The van der Waals surface area contributed by atoms with Crippen LogP contribution in [0, 0.1) is 0 Å². The smallest absolute Gasteiger partial charge is 0.295 e. The van der Waals surface area contributed by atoms with E-state index in [4.69, 9.17) is 4.74 Å². The number of hydrogen-bond donors (Lipinski definition) is 2. The number of nitrogens with zero attached hydrogens (tertiary/aromatic N) is 2. The molecule has 2 N–H and O–H groups in total. The monoisotopic (exact) mass is 444 g/mol. The zero-order valence-electron chi connectivity index (χ0n) is 18.1. The van der Waals surface area contributed by atoms with E-state index >= 15 is 0 Å². The summed E-state index contributed by atoms with van der Waals surface area (Å²) in [6.07, 6.45) is 3.54. The van der Waals surface area contributed by atoms with Crippen LogP contribution < -0.4 is 4.74 Å². The highest BCUT2D eigenvalue weighted by Crippen LogP contribution is 2.41. The summed E-state index contributed by atoms with van der Waals surface area (Å²) in [5.41, 5.74) is 1.96. The fourth-order valence-electron chi connectivity index (χ4n) is 3.99. The van der Waals surface area contributed by atoms with Crippen LogP contribution in [0.5, 0.6) is 11.5 Å². The number of hydrogen-bond acceptors (Lipinski definition) is 6. The van der Waals surface area contributed by atoms with Crippen molar-refractivity contribution in [3.63, 3.8) is 0 Å². The van der Waals surface area contributed by atoms with Gasteiger partial charge in [0.2, 0.25) is 0 Å². The molecule has 33 heavy (non-hydrogen) atoms. The number of ketones is 1. The van der Waals surface area contributed by atoms with Crippen molar-refractivity contribution in [2.45, 2.75) is 19.4 Å². The van der Waals surface area contributed by atoms with Crippen molar-refractivity contribution >= 4 is 17.4 Å². The van der Waals surface area contributed by atoms with E-state index in [1.54, 1.807) is 31.2 Å². The lowest BCUT2D eigenvalue weighted by molar-refractivity contribution is -0.139. The van der Waals surface area contributed by atoms with Crippen LogP contribution in [0.3, 0.4) is 0 Å². The summed E-state index contributed by atoms with van der Waals surface area (Å²) in [7, 11) is 0. The summed E-state index contributed by atoms with van der Waals surface area (Å²) >= 11 is 0. The first-order valence-corrected chi connectivity index (χ1v) is 10.7. The number of carbonyl (C=O) groups is 2. The second kappa shape index (κ2) is 9.56. The van der Waals surface area contributed by atoms with Gasteiger partial charge in [0.05, 0.1) is 18.2 Å². The Bertz CT molecular complexity index is 1190. The Morgan fingerprint density at radius 2 is 1.79 bits per heavy atom. The number of benzene rings is 2. The zero-order valence-corrected chi connectivity index (χ0v) is 18.1. The van der Waals surface area contributed by atoms with Crippen molar-refractivity contribution in [3.8, 4) is 11.5 Å². The van der Waals surface area contributed by atoms with E-state index in [9.17, 15) is 19.8 Å². The van der Waals surface area contributed by atoms with Gasteiger partial charge < -0.3 is 19.8 Å². The maximum atomic E-state index is 13.1. The van der Waals surface area contributed by atoms with Gasteiger partial charge >= 0.3 is 0 Å². The number of aliphatic hydroxyl groups is 1. The van der Waals surface area contributed by atoms with Crippen molar-refractivity contribution in [3.05, 3.63) is 95.3 Å². The van der Waals surface area contributed by atoms with Crippen molar-refractivity contribution in [2.24, 2.45) is 0 Å². The maximum absolute atomic E-state index is 13.1. The number of Topliss-reactive ketones (excluding diaryl/α,β-unsaturated/α-hetero) is 1. The molecule has 1 amide bonds. The Labute approximate surface area is 191 Å². The van der Waals surface area contributed by atoms with Crippen LogP contribution in [-0.4, -0.2) is 44.9 Å². The number of likely N-dealkylation sites (tertiary alicyclic amines) is 1. The molecule has 168 valence electrons. The molecular formula is C26H24N2O5. The van der Waals surface area contributed by atoms with Gasteiger partial charge in [-0.1, -0.05) is 36.4 Å². The lowest BCUT2D eigenvalue weighted by Crippen LogP contribution is -2.31. The van der Waals surface area contributed by atoms with E-state index in [2.05, 4.69) is 4.98 Å². The molecule has 4 rings (SSSR count). The van der Waals surface area contributed by atoms with Gasteiger partial charge in [0.25, 0.3) is 11.7 Å². The third kappa shape index (κ3) is 4.43. The van der Waals surface area contributed by atoms with Crippen LogP contribution in [0.25, 0.3) is 5.76 Å². The fraction of sp³-hybridized carbons (Fsp3) is 0.192. The molecule has 1 fully saturated rings. The van der Waals surface area contributed by atoms with Gasteiger partial charge in [0.1, 0.15) is 5.76 Å². The third-order valence-electron chi connectivity index (χ3n) is 5.58. The summed E-state index contributed by atoms with van der Waals surface area (Å²) < 4.78 is 5.51. The lowest BCUT2D eigenvalue weighted by atomic mass is 9.95. The number of aliphatic hydroxyl groups excluding tert-OH is 1. The highest BCUT2D eigenvalue weighted by molar-refractivity contribution is 6.46. The number of rotatable bonds is 7. The predicted octanol–water partition coefficient (Wildman–Crippen LogP) is 3.85. The molecule has 1 unspecified atom stereocenters. The minimum absolute atomic E-state index is 0.00704. The van der Waals surface area contributed by atoms with E-state index in [0.717, 1.165) is 5.56 Å². The molecule has 0 bridgehead atoms. The average Bonchev–Trinajstić information content (AvgIpc) is 3.10. The van der Waals surface area contributed by atoms with E-state index < -0.39 is 17.7 Å².